The van der Waals surface area contributed by atoms with Gasteiger partial charge in [0.25, 0.3) is 0 Å². The van der Waals surface area contributed by atoms with Crippen molar-refractivity contribution in [3.63, 3.8) is 0 Å². The summed E-state index contributed by atoms with van der Waals surface area (Å²) < 4.78 is 0. The van der Waals surface area contributed by atoms with Crippen molar-refractivity contribution in [3.05, 3.63) is 11.1 Å². The van der Waals surface area contributed by atoms with Gasteiger partial charge in [-0.1, -0.05) is 18.3 Å². The first-order chi connectivity index (χ1) is 7.16. The molecule has 0 saturated carbocycles. The van der Waals surface area contributed by atoms with Gasteiger partial charge in [-0.05, 0) is 18.8 Å². The molecular formula is C10H16N4S. The van der Waals surface area contributed by atoms with Gasteiger partial charge < -0.3 is 10.6 Å². The van der Waals surface area contributed by atoms with E-state index in [-0.39, 0.29) is 5.84 Å². The molecule has 82 valence electrons. The van der Waals surface area contributed by atoms with Gasteiger partial charge in [-0.25, -0.2) is 4.98 Å². The first kappa shape index (κ1) is 10.4. The standard InChI is InChI=1S/C10H16N4S/c1-7-2-4-14(5-3-7)10-13-6-8(15-10)9(11)12/h6-7H,2-5H2,1H3,(H3,11,12). The van der Waals surface area contributed by atoms with E-state index in [1.54, 1.807) is 6.20 Å². The molecule has 0 spiro atoms. The van der Waals surface area contributed by atoms with Crippen LogP contribution in [0.2, 0.25) is 0 Å². The zero-order chi connectivity index (χ0) is 10.8. The van der Waals surface area contributed by atoms with Gasteiger partial charge in [0.1, 0.15) is 5.84 Å². The maximum absolute atomic E-state index is 7.32. The molecule has 0 radical (unpaired) electrons. The van der Waals surface area contributed by atoms with Crippen molar-refractivity contribution in [2.75, 3.05) is 18.0 Å². The number of nitrogens with one attached hydrogen (secondary N) is 1. The van der Waals surface area contributed by atoms with E-state index < -0.39 is 0 Å². The van der Waals surface area contributed by atoms with E-state index >= 15 is 0 Å². The molecule has 0 bridgehead atoms. The summed E-state index contributed by atoms with van der Waals surface area (Å²) in [4.78, 5) is 7.37. The van der Waals surface area contributed by atoms with Crippen LogP contribution in [0.1, 0.15) is 24.6 Å². The highest BCUT2D eigenvalue weighted by molar-refractivity contribution is 7.17. The molecule has 0 unspecified atom stereocenters. The van der Waals surface area contributed by atoms with Gasteiger partial charge in [0.2, 0.25) is 0 Å². The Hall–Kier alpha value is -1.10. The Morgan fingerprint density at radius 3 is 2.80 bits per heavy atom. The lowest BCUT2D eigenvalue weighted by Gasteiger charge is -2.29. The van der Waals surface area contributed by atoms with Crippen LogP contribution in [0.15, 0.2) is 6.20 Å². The molecule has 0 atom stereocenters. The van der Waals surface area contributed by atoms with Gasteiger partial charge in [-0.15, -0.1) is 0 Å². The smallest absolute Gasteiger partial charge is 0.185 e. The minimum absolute atomic E-state index is 0.115. The molecule has 1 saturated heterocycles. The highest BCUT2D eigenvalue weighted by Gasteiger charge is 2.18. The minimum Gasteiger partial charge on any atom is -0.383 e. The average molecular weight is 224 g/mol. The molecule has 1 aliphatic heterocycles. The second kappa shape index (κ2) is 4.18. The van der Waals surface area contributed by atoms with E-state index in [4.69, 9.17) is 11.1 Å². The summed E-state index contributed by atoms with van der Waals surface area (Å²) in [6.07, 6.45) is 4.16. The molecule has 1 aliphatic rings. The topological polar surface area (TPSA) is 66.0 Å². The molecule has 15 heavy (non-hydrogen) atoms. The number of piperidine rings is 1. The van der Waals surface area contributed by atoms with Gasteiger partial charge in [0, 0.05) is 13.1 Å². The lowest BCUT2D eigenvalue weighted by molar-refractivity contribution is 0.438. The highest BCUT2D eigenvalue weighted by atomic mass is 32.1. The number of nitrogens with two attached hydrogens (primary N) is 1. The molecule has 2 rings (SSSR count). The monoisotopic (exact) mass is 224 g/mol. The van der Waals surface area contributed by atoms with Crippen molar-refractivity contribution in [1.82, 2.24) is 4.98 Å². The summed E-state index contributed by atoms with van der Waals surface area (Å²) in [5, 5.41) is 8.33. The Bertz CT molecular complexity index is 352. The second-order valence-corrected chi connectivity index (χ2v) is 5.10. The number of hydrogen-bond donors (Lipinski definition) is 2. The van der Waals surface area contributed by atoms with Crippen LogP contribution >= 0.6 is 11.3 Å². The van der Waals surface area contributed by atoms with Crippen LogP contribution < -0.4 is 10.6 Å². The number of anilines is 1. The summed E-state index contributed by atoms with van der Waals surface area (Å²) in [6.45, 7) is 4.44. The maximum atomic E-state index is 7.32. The largest absolute Gasteiger partial charge is 0.383 e. The van der Waals surface area contributed by atoms with Crippen LogP contribution in [0.25, 0.3) is 0 Å². The van der Waals surface area contributed by atoms with Crippen LogP contribution in [0, 0.1) is 11.3 Å². The van der Waals surface area contributed by atoms with Gasteiger partial charge in [-0.3, -0.25) is 5.41 Å². The molecule has 4 nitrogen and oxygen atoms in total. The second-order valence-electron chi connectivity index (χ2n) is 4.09. The molecular weight excluding hydrogens is 208 g/mol. The minimum atomic E-state index is 0.115. The van der Waals surface area contributed by atoms with Crippen LogP contribution in [0.5, 0.6) is 0 Å². The number of nitrogens with zero attached hydrogens (tertiary/aromatic N) is 2. The SMILES string of the molecule is CC1CCN(c2ncc(C(=N)N)s2)CC1. The molecule has 0 aliphatic carbocycles. The zero-order valence-electron chi connectivity index (χ0n) is 8.86. The molecule has 0 aromatic carbocycles. The molecule has 1 aromatic heterocycles. The molecule has 1 fully saturated rings. The zero-order valence-corrected chi connectivity index (χ0v) is 9.68. The summed E-state index contributed by atoms with van der Waals surface area (Å²) in [7, 11) is 0. The normalized spacial score (nSPS) is 18.1. The van der Waals surface area contributed by atoms with Crippen molar-refractivity contribution >= 4 is 22.3 Å². The molecule has 3 N–H and O–H groups in total. The van der Waals surface area contributed by atoms with Crippen molar-refractivity contribution in [3.8, 4) is 0 Å². The average Bonchev–Trinajstić information content (AvgIpc) is 2.68. The Kier molecular flexibility index (Phi) is 2.90. The lowest BCUT2D eigenvalue weighted by atomic mass is 10.00. The molecule has 0 amide bonds. The van der Waals surface area contributed by atoms with Gasteiger partial charge in [-0.2, -0.15) is 0 Å². The summed E-state index contributed by atoms with van der Waals surface area (Å²) in [6, 6.07) is 0. The quantitative estimate of drug-likeness (QED) is 0.593. The van der Waals surface area contributed by atoms with E-state index in [1.807, 2.05) is 0 Å². The van der Waals surface area contributed by atoms with Crippen molar-refractivity contribution < 1.29 is 0 Å². The number of aromatic nitrogens is 1. The van der Waals surface area contributed by atoms with Crippen LogP contribution in [0.3, 0.4) is 0 Å². The number of nitrogen functional groups attached to an aromatic ring is 1. The van der Waals surface area contributed by atoms with E-state index in [0.29, 0.717) is 0 Å². The fourth-order valence-electron chi connectivity index (χ4n) is 1.74. The van der Waals surface area contributed by atoms with E-state index in [0.717, 1.165) is 29.0 Å². The van der Waals surface area contributed by atoms with E-state index in [9.17, 15) is 0 Å². The fraction of sp³-hybridized carbons (Fsp3) is 0.600. The van der Waals surface area contributed by atoms with E-state index in [1.165, 1.54) is 24.2 Å². The fourth-order valence-corrected chi connectivity index (χ4v) is 2.56. The first-order valence-electron chi connectivity index (χ1n) is 5.22. The maximum Gasteiger partial charge on any atom is 0.185 e. The van der Waals surface area contributed by atoms with Crippen LogP contribution in [-0.2, 0) is 0 Å². The third kappa shape index (κ3) is 2.28. The Labute approximate surface area is 93.6 Å². The summed E-state index contributed by atoms with van der Waals surface area (Å²) in [5.74, 6) is 0.942. The summed E-state index contributed by atoms with van der Waals surface area (Å²) >= 11 is 1.51. The Morgan fingerprint density at radius 2 is 2.27 bits per heavy atom. The van der Waals surface area contributed by atoms with Gasteiger partial charge in [0.15, 0.2) is 5.13 Å². The van der Waals surface area contributed by atoms with Crippen LogP contribution in [0.4, 0.5) is 5.13 Å². The third-order valence-electron chi connectivity index (χ3n) is 2.81. The predicted octanol–water partition coefficient (Wildman–Crippen LogP) is 1.66. The van der Waals surface area contributed by atoms with Crippen LogP contribution in [-0.4, -0.2) is 23.9 Å². The molecule has 2 heterocycles. The molecule has 1 aromatic rings. The summed E-state index contributed by atoms with van der Waals surface area (Å²) in [5.41, 5.74) is 5.41. The predicted molar refractivity (Wildman–Crippen MR) is 63.7 cm³/mol. The lowest BCUT2D eigenvalue weighted by Crippen LogP contribution is -2.32. The number of hydrogen-bond acceptors (Lipinski definition) is 4. The molecule has 5 heteroatoms. The Morgan fingerprint density at radius 1 is 1.60 bits per heavy atom. The number of amidine groups is 1. The third-order valence-corrected chi connectivity index (χ3v) is 3.90. The number of rotatable bonds is 2. The Balaban J connectivity index is 2.06. The van der Waals surface area contributed by atoms with Gasteiger partial charge in [0.05, 0.1) is 11.1 Å². The van der Waals surface area contributed by atoms with Crippen molar-refractivity contribution in [1.29, 1.82) is 5.41 Å². The number of thiazole rings is 1. The van der Waals surface area contributed by atoms with Crippen molar-refractivity contribution in [2.24, 2.45) is 11.7 Å². The van der Waals surface area contributed by atoms with Crippen molar-refractivity contribution in [2.45, 2.75) is 19.8 Å². The highest BCUT2D eigenvalue weighted by Crippen LogP contribution is 2.26. The first-order valence-corrected chi connectivity index (χ1v) is 6.03. The van der Waals surface area contributed by atoms with Gasteiger partial charge >= 0.3 is 0 Å². The van der Waals surface area contributed by atoms with E-state index in [2.05, 4.69) is 16.8 Å².